The van der Waals surface area contributed by atoms with Crippen LogP contribution in [0.25, 0.3) is 0 Å². The van der Waals surface area contributed by atoms with Crippen molar-refractivity contribution in [3.8, 4) is 0 Å². The number of rotatable bonds is 0. The Labute approximate surface area is 187 Å². The molecule has 0 aromatic heterocycles. The van der Waals surface area contributed by atoms with E-state index in [0.29, 0.717) is 0 Å². The highest BCUT2D eigenvalue weighted by Crippen LogP contribution is 2.31. The Bertz CT molecular complexity index is 318. The molecule has 0 amide bonds. The van der Waals surface area contributed by atoms with Crippen molar-refractivity contribution in [2.45, 2.75) is 111 Å². The molecule has 6 nitrogen and oxygen atoms in total. The molecule has 3 rings (SSSR count). The number of hydrogen-bond donors (Lipinski definition) is 9. The van der Waals surface area contributed by atoms with E-state index < -0.39 is 23.4 Å². The molecular weight excluding hydrogens is 439 g/mol. The van der Waals surface area contributed by atoms with Gasteiger partial charge in [0.15, 0.2) is 0 Å². The molecule has 0 bridgehead atoms. The third-order valence-electron chi connectivity index (χ3n) is 4.96. The topological polar surface area (TPSA) is 121 Å². The van der Waals surface area contributed by atoms with Gasteiger partial charge in [0, 0.05) is 0 Å². The third-order valence-corrected chi connectivity index (χ3v) is 6.30. The molecule has 0 aromatic rings. The van der Waals surface area contributed by atoms with Gasteiger partial charge in [-0.15, -0.1) is 37.9 Å². The lowest BCUT2D eigenvalue weighted by Crippen LogP contribution is -2.23. The van der Waals surface area contributed by atoms with Crippen molar-refractivity contribution in [3.63, 3.8) is 0 Å². The van der Waals surface area contributed by atoms with Crippen LogP contribution in [0.3, 0.4) is 0 Å². The molecule has 0 atom stereocenters. The van der Waals surface area contributed by atoms with Crippen molar-refractivity contribution in [2.75, 3.05) is 0 Å². The lowest BCUT2D eigenvalue weighted by molar-refractivity contribution is 0.0965. The molecule has 0 radical (unpaired) electrons. The lowest BCUT2D eigenvalue weighted by Gasteiger charge is -2.26. The predicted molar refractivity (Wildman–Crippen MR) is 125 cm³/mol. The van der Waals surface area contributed by atoms with Gasteiger partial charge < -0.3 is 30.0 Å². The molecule has 3 fully saturated rings. The van der Waals surface area contributed by atoms with Crippen molar-refractivity contribution < 1.29 is 30.0 Å². The van der Waals surface area contributed by atoms with E-state index >= 15 is 0 Å². The van der Waals surface area contributed by atoms with Crippen LogP contribution in [0, 0.1) is 0 Å². The fourth-order valence-corrected chi connectivity index (χ4v) is 4.30. The van der Waals surface area contributed by atoms with Gasteiger partial charge in [-0.25, -0.2) is 0 Å². The zero-order valence-corrected chi connectivity index (χ0v) is 20.2. The smallest absolute Gasteiger partial charge is 0.324 e. The zero-order chi connectivity index (χ0) is 21.7. The fourth-order valence-electron chi connectivity index (χ4n) is 3.35. The quantitative estimate of drug-likeness (QED) is 0.148. The molecule has 3 aliphatic rings. The van der Waals surface area contributed by atoms with Crippen LogP contribution in [0.4, 0.5) is 0 Å². The number of aliphatic hydroxyl groups is 3. The molecule has 0 spiro atoms. The largest absolute Gasteiger partial charge is 0.380 e. The zero-order valence-electron chi connectivity index (χ0n) is 16.6. The monoisotopic (exact) mass is 478 g/mol. The van der Waals surface area contributed by atoms with E-state index in [0.717, 1.165) is 77.0 Å². The molecule has 3 saturated carbocycles. The summed E-state index contributed by atoms with van der Waals surface area (Å²) in [5, 5.41) is 27.7. The minimum atomic E-state index is -2.62. The van der Waals surface area contributed by atoms with E-state index in [1.165, 1.54) is 19.3 Å². The van der Waals surface area contributed by atoms with Gasteiger partial charge in [0.25, 0.3) is 0 Å². The summed E-state index contributed by atoms with van der Waals surface area (Å²) in [5.41, 5.74) is 0. The van der Waals surface area contributed by atoms with E-state index in [2.05, 4.69) is 37.9 Å². The molecule has 0 aliphatic heterocycles. The molecule has 28 heavy (non-hydrogen) atoms. The van der Waals surface area contributed by atoms with Crippen LogP contribution < -0.4 is 0 Å². The summed E-state index contributed by atoms with van der Waals surface area (Å²) in [6, 6.07) is 0. The second-order valence-corrected chi connectivity index (χ2v) is 10.9. The van der Waals surface area contributed by atoms with E-state index in [-0.39, 0.29) is 0 Å². The highest BCUT2D eigenvalue weighted by atomic mass is 32.1. The van der Waals surface area contributed by atoms with E-state index in [1.54, 1.807) is 0 Å². The van der Waals surface area contributed by atoms with Crippen LogP contribution in [0.1, 0.15) is 96.3 Å². The Morgan fingerprint density at radius 3 is 0.643 bits per heavy atom. The predicted octanol–water partition coefficient (Wildman–Crippen LogP) is 3.90. The van der Waals surface area contributed by atoms with E-state index in [1.807, 2.05) is 0 Å². The van der Waals surface area contributed by atoms with E-state index in [9.17, 15) is 15.3 Å². The third kappa shape index (κ3) is 19.2. The van der Waals surface area contributed by atoms with Crippen LogP contribution in [-0.4, -0.2) is 44.8 Å². The Hall–Kier alpha value is 1.24. The minimum absolute atomic E-state index is 0.627. The lowest BCUT2D eigenvalue weighted by atomic mass is 9.97. The highest BCUT2D eigenvalue weighted by molar-refractivity contribution is 7.81. The van der Waals surface area contributed by atoms with Crippen LogP contribution in [0.5, 0.6) is 0 Å². The first kappa shape index (κ1) is 29.2. The fraction of sp³-hybridized carbons (Fsp3) is 1.00. The summed E-state index contributed by atoms with van der Waals surface area (Å²) in [6.45, 7) is 0. The molecule has 170 valence electrons. The molecule has 0 heterocycles. The van der Waals surface area contributed by atoms with Crippen molar-refractivity contribution in [2.24, 2.45) is 0 Å². The Kier molecular flexibility index (Phi) is 15.8. The van der Waals surface area contributed by atoms with Crippen LogP contribution in [-0.2, 0) is 0 Å². The standard InChI is InChI=1S/3C6H12OS.H3O3P/c3*7-6(8)4-2-1-3-5-6;1-4(2)3/h3*7-8H,1-5H2;1-3H. The average Bonchev–Trinajstić information content (AvgIpc) is 2.55. The maximum absolute atomic E-state index is 9.24. The van der Waals surface area contributed by atoms with Crippen molar-refractivity contribution in [3.05, 3.63) is 0 Å². The second-order valence-electron chi connectivity index (χ2n) is 7.90. The maximum Gasteiger partial charge on any atom is 0.324 e. The Morgan fingerprint density at radius 2 is 0.571 bits per heavy atom. The molecule has 0 saturated heterocycles. The summed E-state index contributed by atoms with van der Waals surface area (Å²) in [4.78, 5) is 19.8. The first-order valence-corrected chi connectivity index (χ1v) is 12.6. The van der Waals surface area contributed by atoms with Crippen molar-refractivity contribution in [1.82, 2.24) is 0 Å². The second kappa shape index (κ2) is 15.1. The summed E-state index contributed by atoms with van der Waals surface area (Å²) in [7, 11) is -2.62. The summed E-state index contributed by atoms with van der Waals surface area (Å²) in [6.07, 6.45) is 15.9. The highest BCUT2D eigenvalue weighted by Gasteiger charge is 2.24. The van der Waals surface area contributed by atoms with Gasteiger partial charge in [0.2, 0.25) is 0 Å². The molecule has 0 unspecified atom stereocenters. The maximum atomic E-state index is 9.24. The van der Waals surface area contributed by atoms with Gasteiger partial charge in [0.05, 0.1) is 0 Å². The van der Waals surface area contributed by atoms with Gasteiger partial charge in [0.1, 0.15) is 14.8 Å². The van der Waals surface area contributed by atoms with Gasteiger partial charge >= 0.3 is 8.60 Å². The average molecular weight is 479 g/mol. The van der Waals surface area contributed by atoms with Crippen molar-refractivity contribution in [1.29, 1.82) is 0 Å². The normalized spacial score (nSPS) is 25.1. The molecular formula is C18H39O6PS3. The van der Waals surface area contributed by atoms with Gasteiger partial charge in [-0.3, -0.25) is 0 Å². The summed E-state index contributed by atoms with van der Waals surface area (Å²) >= 11 is 12.2. The first-order valence-electron chi connectivity index (χ1n) is 10.1. The Balaban J connectivity index is 0.000000358. The minimum Gasteiger partial charge on any atom is -0.380 e. The van der Waals surface area contributed by atoms with Crippen LogP contribution in [0.15, 0.2) is 0 Å². The molecule has 6 N–H and O–H groups in total. The van der Waals surface area contributed by atoms with Crippen LogP contribution in [0.2, 0.25) is 0 Å². The van der Waals surface area contributed by atoms with Gasteiger partial charge in [-0.05, 0) is 77.0 Å². The van der Waals surface area contributed by atoms with Crippen LogP contribution >= 0.6 is 46.5 Å². The number of hydrogen-bond acceptors (Lipinski definition) is 9. The molecule has 3 aliphatic carbocycles. The Morgan fingerprint density at radius 1 is 0.429 bits per heavy atom. The van der Waals surface area contributed by atoms with Crippen molar-refractivity contribution >= 4 is 46.5 Å². The number of thiol groups is 3. The summed E-state index contributed by atoms with van der Waals surface area (Å²) in [5.74, 6) is 0. The summed E-state index contributed by atoms with van der Waals surface area (Å²) < 4.78 is 0. The van der Waals surface area contributed by atoms with Gasteiger partial charge in [-0.2, -0.15) is 0 Å². The van der Waals surface area contributed by atoms with Gasteiger partial charge in [-0.1, -0.05) is 19.3 Å². The SMILES string of the molecule is OC1(S)CCCCC1.OC1(S)CCCCC1.OC1(S)CCCCC1.OP(O)O. The molecule has 10 heteroatoms. The van der Waals surface area contributed by atoms with E-state index in [4.69, 9.17) is 14.7 Å². The molecule has 0 aromatic carbocycles. The first-order chi connectivity index (χ1) is 12.9.